The Morgan fingerprint density at radius 1 is 1.14 bits per heavy atom. The molecule has 7 nitrogen and oxygen atoms in total. The lowest BCUT2D eigenvalue weighted by molar-refractivity contribution is -0.932. The second-order valence-electron chi connectivity index (χ2n) is 7.28. The summed E-state index contributed by atoms with van der Waals surface area (Å²) >= 11 is 0. The zero-order chi connectivity index (χ0) is 21.0. The standard InChI is InChI=1S/C22H27N3O4/c1-14(22(27)24-16-8-6-15(7-9-16)21(23)26)25-12-4-5-19(25)18-11-10-17(28-2)13-20(18)29-3/h6-11,13-14,19H,4-5,12H2,1-3H3,(H2,23,26)(H,24,27)/p+1/t14-,19-/m1/s1. The zero-order valence-electron chi connectivity index (χ0n) is 17.0. The van der Waals surface area contributed by atoms with Crippen molar-refractivity contribution < 1.29 is 24.0 Å². The Morgan fingerprint density at radius 2 is 1.86 bits per heavy atom. The molecule has 0 aliphatic carbocycles. The maximum absolute atomic E-state index is 12.9. The molecule has 4 N–H and O–H groups in total. The Balaban J connectivity index is 1.74. The first-order valence-corrected chi connectivity index (χ1v) is 9.72. The average molecular weight is 398 g/mol. The molecule has 1 fully saturated rings. The van der Waals surface area contributed by atoms with Crippen molar-refractivity contribution in [1.29, 1.82) is 0 Å². The number of nitrogens with one attached hydrogen (secondary N) is 2. The molecule has 0 saturated carbocycles. The number of likely N-dealkylation sites (tertiary alicyclic amines) is 1. The van der Waals surface area contributed by atoms with Gasteiger partial charge in [0.2, 0.25) is 5.91 Å². The molecule has 1 aliphatic rings. The fraction of sp³-hybridized carbons (Fsp3) is 0.364. The highest BCUT2D eigenvalue weighted by atomic mass is 16.5. The van der Waals surface area contributed by atoms with Gasteiger partial charge in [-0.1, -0.05) is 0 Å². The Bertz CT molecular complexity index is 882. The normalized spacial score (nSPS) is 19.4. The summed E-state index contributed by atoms with van der Waals surface area (Å²) in [4.78, 5) is 25.3. The molecule has 1 aliphatic heterocycles. The van der Waals surface area contributed by atoms with Gasteiger partial charge in [-0.25, -0.2) is 0 Å². The molecule has 2 aromatic carbocycles. The fourth-order valence-corrected chi connectivity index (χ4v) is 3.99. The number of primary amides is 1. The lowest BCUT2D eigenvalue weighted by atomic mass is 10.0. The van der Waals surface area contributed by atoms with E-state index in [9.17, 15) is 9.59 Å². The summed E-state index contributed by atoms with van der Waals surface area (Å²) in [6, 6.07) is 12.4. The molecule has 154 valence electrons. The van der Waals surface area contributed by atoms with Crippen LogP contribution >= 0.6 is 0 Å². The van der Waals surface area contributed by atoms with E-state index in [2.05, 4.69) is 5.32 Å². The lowest BCUT2D eigenvalue weighted by Crippen LogP contribution is -3.15. The van der Waals surface area contributed by atoms with Crippen LogP contribution in [0.4, 0.5) is 5.69 Å². The van der Waals surface area contributed by atoms with Gasteiger partial charge in [0.1, 0.15) is 17.5 Å². The van der Waals surface area contributed by atoms with E-state index < -0.39 is 5.91 Å². The van der Waals surface area contributed by atoms with E-state index in [1.54, 1.807) is 38.5 Å². The van der Waals surface area contributed by atoms with Crippen molar-refractivity contribution >= 4 is 17.5 Å². The van der Waals surface area contributed by atoms with Crippen LogP contribution in [0.25, 0.3) is 0 Å². The number of carbonyl (C=O) groups excluding carboxylic acids is 2. The molecule has 3 atom stereocenters. The minimum absolute atomic E-state index is 0.0637. The molecule has 1 unspecified atom stereocenters. The summed E-state index contributed by atoms with van der Waals surface area (Å²) in [5, 5.41) is 2.94. The highest BCUT2D eigenvalue weighted by Crippen LogP contribution is 2.32. The van der Waals surface area contributed by atoms with E-state index in [4.69, 9.17) is 15.2 Å². The molecule has 3 rings (SSSR count). The Labute approximate surface area is 170 Å². The van der Waals surface area contributed by atoms with Gasteiger partial charge in [-0.2, -0.15) is 0 Å². The van der Waals surface area contributed by atoms with Gasteiger partial charge < -0.3 is 25.4 Å². The predicted molar refractivity (Wildman–Crippen MR) is 110 cm³/mol. The average Bonchev–Trinajstić information content (AvgIpc) is 3.22. The third-order valence-electron chi connectivity index (χ3n) is 5.61. The predicted octanol–water partition coefficient (Wildman–Crippen LogP) is 1.55. The monoisotopic (exact) mass is 398 g/mol. The molecule has 2 aromatic rings. The number of carbonyl (C=O) groups is 2. The zero-order valence-corrected chi connectivity index (χ0v) is 17.0. The van der Waals surface area contributed by atoms with Gasteiger partial charge in [0.05, 0.1) is 26.3 Å². The van der Waals surface area contributed by atoms with E-state index in [0.29, 0.717) is 11.3 Å². The number of rotatable bonds is 7. The smallest absolute Gasteiger partial charge is 0.282 e. The number of methoxy groups -OCH3 is 2. The highest BCUT2D eigenvalue weighted by molar-refractivity contribution is 5.95. The van der Waals surface area contributed by atoms with Crippen LogP contribution in [0.1, 0.15) is 41.7 Å². The van der Waals surface area contributed by atoms with Crippen molar-refractivity contribution in [3.05, 3.63) is 53.6 Å². The van der Waals surface area contributed by atoms with Crippen LogP contribution in [-0.2, 0) is 4.79 Å². The number of hydrogen-bond acceptors (Lipinski definition) is 4. The van der Waals surface area contributed by atoms with Gasteiger partial charge in [0.25, 0.3) is 5.91 Å². The molecule has 7 heteroatoms. The van der Waals surface area contributed by atoms with Crippen LogP contribution in [0.15, 0.2) is 42.5 Å². The van der Waals surface area contributed by atoms with Gasteiger partial charge in [0.15, 0.2) is 6.04 Å². The topological polar surface area (TPSA) is 95.1 Å². The van der Waals surface area contributed by atoms with Crippen molar-refractivity contribution in [2.45, 2.75) is 31.8 Å². The molecule has 0 bridgehead atoms. The van der Waals surface area contributed by atoms with Crippen molar-refractivity contribution in [3.63, 3.8) is 0 Å². The number of nitrogens with two attached hydrogens (primary N) is 1. The van der Waals surface area contributed by atoms with Gasteiger partial charge in [-0.15, -0.1) is 0 Å². The molecular formula is C22H28N3O4+. The summed E-state index contributed by atoms with van der Waals surface area (Å²) in [5.74, 6) is 0.971. The third kappa shape index (κ3) is 4.51. The molecule has 0 radical (unpaired) electrons. The number of benzene rings is 2. The van der Waals surface area contributed by atoms with Crippen LogP contribution in [-0.4, -0.2) is 38.6 Å². The second kappa shape index (κ2) is 8.96. The largest absolute Gasteiger partial charge is 0.497 e. The van der Waals surface area contributed by atoms with Gasteiger partial charge >= 0.3 is 0 Å². The number of quaternary nitrogens is 1. The first-order chi connectivity index (χ1) is 13.9. The van der Waals surface area contributed by atoms with Crippen molar-refractivity contribution in [2.75, 3.05) is 26.1 Å². The van der Waals surface area contributed by atoms with E-state index >= 15 is 0 Å². The van der Waals surface area contributed by atoms with Gasteiger partial charge in [0, 0.05) is 30.2 Å². The Hall–Kier alpha value is -3.06. The Kier molecular flexibility index (Phi) is 6.39. The fourth-order valence-electron chi connectivity index (χ4n) is 3.99. The second-order valence-corrected chi connectivity index (χ2v) is 7.28. The minimum Gasteiger partial charge on any atom is -0.497 e. The van der Waals surface area contributed by atoms with E-state index in [0.717, 1.165) is 36.4 Å². The van der Waals surface area contributed by atoms with Crippen LogP contribution in [0, 0.1) is 0 Å². The van der Waals surface area contributed by atoms with Crippen LogP contribution in [0.5, 0.6) is 11.5 Å². The number of anilines is 1. The minimum atomic E-state index is -0.492. The summed E-state index contributed by atoms with van der Waals surface area (Å²) in [5.41, 5.74) is 7.40. The molecule has 29 heavy (non-hydrogen) atoms. The number of ether oxygens (including phenoxy) is 2. The molecule has 1 saturated heterocycles. The van der Waals surface area contributed by atoms with Gasteiger partial charge in [-0.05, 0) is 43.3 Å². The van der Waals surface area contributed by atoms with Crippen LogP contribution in [0.3, 0.4) is 0 Å². The van der Waals surface area contributed by atoms with E-state index in [-0.39, 0.29) is 18.0 Å². The highest BCUT2D eigenvalue weighted by Gasteiger charge is 2.38. The lowest BCUT2D eigenvalue weighted by Gasteiger charge is -2.28. The molecule has 2 amide bonds. The van der Waals surface area contributed by atoms with Crippen LogP contribution < -0.4 is 25.4 Å². The summed E-state index contributed by atoms with van der Waals surface area (Å²) in [6.07, 6.45) is 2.03. The third-order valence-corrected chi connectivity index (χ3v) is 5.61. The first kappa shape index (κ1) is 20.7. The maximum Gasteiger partial charge on any atom is 0.282 e. The molecule has 0 aromatic heterocycles. The van der Waals surface area contributed by atoms with Gasteiger partial charge in [-0.3, -0.25) is 9.59 Å². The first-order valence-electron chi connectivity index (χ1n) is 9.72. The molecule has 0 spiro atoms. The van der Waals surface area contributed by atoms with Crippen LogP contribution in [0.2, 0.25) is 0 Å². The van der Waals surface area contributed by atoms with E-state index in [1.807, 2.05) is 25.1 Å². The Morgan fingerprint density at radius 3 is 2.48 bits per heavy atom. The summed E-state index contributed by atoms with van der Waals surface area (Å²) < 4.78 is 10.9. The summed E-state index contributed by atoms with van der Waals surface area (Å²) in [7, 11) is 3.28. The molecule has 1 heterocycles. The molecular weight excluding hydrogens is 370 g/mol. The van der Waals surface area contributed by atoms with Crippen molar-refractivity contribution in [2.24, 2.45) is 5.73 Å². The summed E-state index contributed by atoms with van der Waals surface area (Å²) in [6.45, 7) is 2.85. The van der Waals surface area contributed by atoms with E-state index in [1.165, 1.54) is 4.90 Å². The number of amides is 2. The number of hydrogen-bond donors (Lipinski definition) is 3. The van der Waals surface area contributed by atoms with Crippen molar-refractivity contribution in [1.82, 2.24) is 0 Å². The van der Waals surface area contributed by atoms with Crippen molar-refractivity contribution in [3.8, 4) is 11.5 Å². The SMILES string of the molecule is COc1ccc([C@H]2CCC[NH+]2[C@H](C)C(=O)Nc2ccc(C(N)=O)cc2)c(OC)c1. The maximum atomic E-state index is 12.9. The quantitative estimate of drug-likeness (QED) is 0.660.